The number of hydrogen-bond acceptors (Lipinski definition) is 1. The maximum atomic E-state index is 10.9. The van der Waals surface area contributed by atoms with Gasteiger partial charge in [0.2, 0.25) is 5.24 Å². The summed E-state index contributed by atoms with van der Waals surface area (Å²) in [6.07, 6.45) is 2.55. The predicted octanol–water partition coefficient (Wildman–Crippen LogP) is 2.97. The maximum Gasteiger partial charge on any atom is 0.227 e. The first kappa shape index (κ1) is 9.96. The molecule has 60 valence electrons. The van der Waals surface area contributed by atoms with E-state index in [1.807, 2.05) is 20.8 Å². The highest BCUT2D eigenvalue weighted by molar-refractivity contribution is 6.64. The van der Waals surface area contributed by atoms with Crippen LogP contribution < -0.4 is 0 Å². The lowest BCUT2D eigenvalue weighted by atomic mass is 9.81. The average molecular weight is 163 g/mol. The van der Waals surface area contributed by atoms with E-state index in [4.69, 9.17) is 11.6 Å². The van der Waals surface area contributed by atoms with Crippen LogP contribution in [0.3, 0.4) is 0 Å². The zero-order chi connectivity index (χ0) is 8.20. The van der Waals surface area contributed by atoms with E-state index >= 15 is 0 Å². The third-order valence-electron chi connectivity index (χ3n) is 2.45. The Hall–Kier alpha value is -0.0400. The zero-order valence-corrected chi connectivity index (χ0v) is 7.66. The molecule has 0 heterocycles. The normalized spacial score (nSPS) is 11.6. The summed E-state index contributed by atoms with van der Waals surface area (Å²) in [5.74, 6) is 0. The largest absolute Gasteiger partial charge is 0.281 e. The summed E-state index contributed by atoms with van der Waals surface area (Å²) in [6, 6.07) is 0. The molecule has 0 unspecified atom stereocenters. The summed E-state index contributed by atoms with van der Waals surface area (Å²) in [5.41, 5.74) is -0.248. The topological polar surface area (TPSA) is 17.1 Å². The van der Waals surface area contributed by atoms with E-state index in [-0.39, 0.29) is 10.7 Å². The van der Waals surface area contributed by atoms with E-state index in [0.29, 0.717) is 0 Å². The molecule has 0 bridgehead atoms. The molecule has 10 heavy (non-hydrogen) atoms. The number of halogens is 1. The summed E-state index contributed by atoms with van der Waals surface area (Å²) >= 11 is 5.46. The van der Waals surface area contributed by atoms with E-state index in [9.17, 15) is 4.79 Å². The second-order valence-corrected chi connectivity index (χ2v) is 2.96. The molecule has 0 aromatic rings. The van der Waals surface area contributed by atoms with Crippen LogP contribution in [0.5, 0.6) is 0 Å². The molecule has 0 spiro atoms. The fraction of sp³-hybridized carbons (Fsp3) is 0.875. The van der Waals surface area contributed by atoms with Crippen molar-refractivity contribution < 1.29 is 4.79 Å². The Bertz CT molecular complexity index is 108. The van der Waals surface area contributed by atoms with Gasteiger partial charge in [-0.2, -0.15) is 0 Å². The van der Waals surface area contributed by atoms with Gasteiger partial charge in [0.1, 0.15) is 0 Å². The first-order valence-electron chi connectivity index (χ1n) is 3.83. The average Bonchev–Trinajstić information content (AvgIpc) is 1.92. The van der Waals surface area contributed by atoms with Gasteiger partial charge >= 0.3 is 0 Å². The Labute approximate surface area is 67.8 Å². The van der Waals surface area contributed by atoms with Crippen LogP contribution in [0.1, 0.15) is 40.0 Å². The molecule has 0 aromatic heterocycles. The predicted molar refractivity (Wildman–Crippen MR) is 44.2 cm³/mol. The minimum atomic E-state index is -0.248. The molecule has 0 aliphatic heterocycles. The van der Waals surface area contributed by atoms with Crippen molar-refractivity contribution in [2.45, 2.75) is 40.0 Å². The highest BCUT2D eigenvalue weighted by atomic mass is 35.5. The Morgan fingerprint density at radius 2 is 1.50 bits per heavy atom. The maximum absolute atomic E-state index is 10.9. The molecule has 0 N–H and O–H groups in total. The molecule has 1 nitrogen and oxygen atoms in total. The highest BCUT2D eigenvalue weighted by Crippen LogP contribution is 2.32. The molecule has 0 atom stereocenters. The van der Waals surface area contributed by atoms with Crippen molar-refractivity contribution in [3.63, 3.8) is 0 Å². The molecular weight excluding hydrogens is 148 g/mol. The third kappa shape index (κ3) is 1.72. The lowest BCUT2D eigenvalue weighted by Crippen LogP contribution is -2.24. The minimum absolute atomic E-state index is 0.181. The Kier molecular flexibility index (Phi) is 3.95. The van der Waals surface area contributed by atoms with E-state index < -0.39 is 0 Å². The molecule has 0 aliphatic rings. The first-order chi connectivity index (χ1) is 4.63. The Morgan fingerprint density at radius 1 is 1.20 bits per heavy atom. The second kappa shape index (κ2) is 3.97. The lowest BCUT2D eigenvalue weighted by molar-refractivity contribution is -0.121. The summed E-state index contributed by atoms with van der Waals surface area (Å²) in [7, 11) is 0. The highest BCUT2D eigenvalue weighted by Gasteiger charge is 2.30. The quantitative estimate of drug-likeness (QED) is 0.581. The number of carbonyl (C=O) groups is 1. The minimum Gasteiger partial charge on any atom is -0.281 e. The van der Waals surface area contributed by atoms with Crippen molar-refractivity contribution in [1.82, 2.24) is 0 Å². The monoisotopic (exact) mass is 162 g/mol. The van der Waals surface area contributed by atoms with Gasteiger partial charge in [-0.3, -0.25) is 4.79 Å². The van der Waals surface area contributed by atoms with Crippen LogP contribution in [0.15, 0.2) is 0 Å². The zero-order valence-electron chi connectivity index (χ0n) is 6.91. The van der Waals surface area contributed by atoms with Crippen molar-refractivity contribution in [2.75, 3.05) is 0 Å². The molecule has 0 rings (SSSR count). The van der Waals surface area contributed by atoms with Crippen molar-refractivity contribution in [3.05, 3.63) is 0 Å². The van der Waals surface area contributed by atoms with E-state index in [0.717, 1.165) is 19.3 Å². The van der Waals surface area contributed by atoms with Crippen LogP contribution in [0, 0.1) is 5.41 Å². The van der Waals surface area contributed by atoms with Crippen LogP contribution in [-0.4, -0.2) is 5.24 Å². The van der Waals surface area contributed by atoms with E-state index in [1.165, 1.54) is 0 Å². The lowest BCUT2D eigenvalue weighted by Gasteiger charge is -2.24. The van der Waals surface area contributed by atoms with Crippen LogP contribution >= 0.6 is 11.6 Å². The van der Waals surface area contributed by atoms with Gasteiger partial charge < -0.3 is 0 Å². The van der Waals surface area contributed by atoms with Crippen molar-refractivity contribution in [2.24, 2.45) is 5.41 Å². The van der Waals surface area contributed by atoms with Gasteiger partial charge in [-0.1, -0.05) is 20.8 Å². The van der Waals surface area contributed by atoms with Gasteiger partial charge in [0.05, 0.1) is 0 Å². The van der Waals surface area contributed by atoms with Crippen molar-refractivity contribution in [1.29, 1.82) is 0 Å². The standard InChI is InChI=1S/C8H15ClO/c1-4-8(5-2,6-3)7(9)10/h4-6H2,1-3H3. The van der Waals surface area contributed by atoms with Gasteiger partial charge in [0, 0.05) is 5.41 Å². The second-order valence-electron chi connectivity index (χ2n) is 2.61. The fourth-order valence-electron chi connectivity index (χ4n) is 1.17. The smallest absolute Gasteiger partial charge is 0.227 e. The van der Waals surface area contributed by atoms with Crippen LogP contribution in [-0.2, 0) is 4.79 Å². The van der Waals surface area contributed by atoms with Crippen molar-refractivity contribution in [3.8, 4) is 0 Å². The molecule has 0 aromatic carbocycles. The summed E-state index contributed by atoms with van der Waals surface area (Å²) in [4.78, 5) is 10.9. The van der Waals surface area contributed by atoms with Gasteiger partial charge in [-0.15, -0.1) is 0 Å². The summed E-state index contributed by atoms with van der Waals surface area (Å²) < 4.78 is 0. The molecule has 0 amide bonds. The van der Waals surface area contributed by atoms with Gasteiger partial charge in [-0.25, -0.2) is 0 Å². The van der Waals surface area contributed by atoms with Gasteiger partial charge in [-0.05, 0) is 30.9 Å². The van der Waals surface area contributed by atoms with E-state index in [1.54, 1.807) is 0 Å². The molecule has 0 fully saturated rings. The Balaban J connectivity index is 4.31. The molecule has 0 saturated carbocycles. The molecule has 0 saturated heterocycles. The summed E-state index contributed by atoms with van der Waals surface area (Å²) in [5, 5.41) is -0.181. The summed E-state index contributed by atoms with van der Waals surface area (Å²) in [6.45, 7) is 6.02. The fourth-order valence-corrected chi connectivity index (χ4v) is 1.57. The number of hydrogen-bond donors (Lipinski definition) is 0. The van der Waals surface area contributed by atoms with Crippen LogP contribution in [0.25, 0.3) is 0 Å². The van der Waals surface area contributed by atoms with Crippen LogP contribution in [0.2, 0.25) is 0 Å². The van der Waals surface area contributed by atoms with E-state index in [2.05, 4.69) is 0 Å². The molecule has 0 radical (unpaired) electrons. The molecular formula is C8H15ClO. The van der Waals surface area contributed by atoms with Crippen LogP contribution in [0.4, 0.5) is 0 Å². The molecule has 0 aliphatic carbocycles. The molecule has 2 heteroatoms. The van der Waals surface area contributed by atoms with Gasteiger partial charge in [0.15, 0.2) is 0 Å². The number of rotatable bonds is 4. The number of carbonyl (C=O) groups excluding carboxylic acids is 1. The SMILES string of the molecule is CCC(CC)(CC)C(=O)Cl. The third-order valence-corrected chi connectivity index (χ3v) is 2.85. The first-order valence-corrected chi connectivity index (χ1v) is 4.20. The van der Waals surface area contributed by atoms with Gasteiger partial charge in [0.25, 0.3) is 0 Å². The van der Waals surface area contributed by atoms with Crippen molar-refractivity contribution >= 4 is 16.8 Å². The Morgan fingerprint density at radius 3 is 1.50 bits per heavy atom.